The summed E-state index contributed by atoms with van der Waals surface area (Å²) < 4.78 is 9.26. The third-order valence-electron chi connectivity index (χ3n) is 6.45. The highest BCUT2D eigenvalue weighted by molar-refractivity contribution is 6.99. The molecule has 0 saturated heterocycles. The van der Waals surface area contributed by atoms with E-state index < -0.39 is 0 Å². The Bertz CT molecular complexity index is 1110. The second-order valence-electron chi connectivity index (χ2n) is 8.78. The van der Waals surface area contributed by atoms with E-state index in [1.54, 1.807) is 0 Å². The van der Waals surface area contributed by atoms with Crippen molar-refractivity contribution in [3.63, 3.8) is 0 Å². The Morgan fingerprint density at radius 3 is 1.45 bits per heavy atom. The van der Waals surface area contributed by atoms with Gasteiger partial charge in [-0.15, -0.1) is 0 Å². The lowest BCUT2D eigenvalue weighted by Crippen LogP contribution is -2.23. The maximum absolute atomic E-state index is 4.63. The number of aromatic nitrogens is 2. The summed E-state index contributed by atoms with van der Waals surface area (Å²) >= 11 is 1.28. The van der Waals surface area contributed by atoms with Crippen LogP contribution >= 0.6 is 11.7 Å². The lowest BCUT2D eigenvalue weighted by atomic mass is 10.0. The Balaban J connectivity index is 1.54. The van der Waals surface area contributed by atoms with E-state index in [-0.39, 0.29) is 0 Å². The van der Waals surface area contributed by atoms with Crippen LogP contribution in [-0.2, 0) is 26.2 Å². The van der Waals surface area contributed by atoms with Crippen molar-refractivity contribution in [2.24, 2.45) is 0 Å². The van der Waals surface area contributed by atoms with Gasteiger partial charge in [0, 0.05) is 37.3 Å². The van der Waals surface area contributed by atoms with Crippen molar-refractivity contribution in [2.75, 3.05) is 13.1 Å². The van der Waals surface area contributed by atoms with Gasteiger partial charge in [0.05, 0.1) is 11.7 Å². The molecule has 4 heterocycles. The van der Waals surface area contributed by atoms with Crippen LogP contribution in [0.25, 0.3) is 22.5 Å². The summed E-state index contributed by atoms with van der Waals surface area (Å²) in [6, 6.07) is 26.8. The van der Waals surface area contributed by atoms with Crippen LogP contribution in [0.15, 0.2) is 72.8 Å². The molecular formula is C28H30N4S. The van der Waals surface area contributed by atoms with Gasteiger partial charge < -0.3 is 0 Å². The number of hydrogen-bond donors (Lipinski definition) is 0. The van der Waals surface area contributed by atoms with Crippen molar-refractivity contribution in [2.45, 2.75) is 40.0 Å². The Morgan fingerprint density at radius 2 is 1.03 bits per heavy atom. The molecule has 33 heavy (non-hydrogen) atoms. The third kappa shape index (κ3) is 5.06. The largest absolute Gasteiger partial charge is 0.295 e. The van der Waals surface area contributed by atoms with Crippen molar-refractivity contribution in [1.29, 1.82) is 0 Å². The quantitative estimate of drug-likeness (QED) is 0.359. The van der Waals surface area contributed by atoms with Gasteiger partial charge >= 0.3 is 0 Å². The molecule has 0 aliphatic carbocycles. The zero-order valence-electron chi connectivity index (χ0n) is 19.4. The van der Waals surface area contributed by atoms with Crippen molar-refractivity contribution in [3.05, 3.63) is 95.1 Å². The predicted octanol–water partition coefficient (Wildman–Crippen LogP) is 6.23. The molecule has 3 aliphatic heterocycles. The van der Waals surface area contributed by atoms with Crippen LogP contribution < -0.4 is 0 Å². The minimum Gasteiger partial charge on any atom is -0.295 e. The number of nitrogens with zero attached hydrogens (tertiary/aromatic N) is 4. The monoisotopic (exact) mass is 454 g/mol. The van der Waals surface area contributed by atoms with Gasteiger partial charge in [0.25, 0.3) is 0 Å². The number of rotatable bonds is 2. The van der Waals surface area contributed by atoms with Crippen molar-refractivity contribution >= 4 is 11.7 Å². The molecule has 0 amide bonds. The molecule has 7 rings (SSSR count). The van der Waals surface area contributed by atoms with Gasteiger partial charge in [0.1, 0.15) is 11.4 Å². The van der Waals surface area contributed by atoms with Crippen LogP contribution in [0.5, 0.6) is 0 Å². The summed E-state index contributed by atoms with van der Waals surface area (Å²) in [5.74, 6) is 0. The fraction of sp³-hybridized carbons (Fsp3) is 0.286. The van der Waals surface area contributed by atoms with Crippen LogP contribution in [0.4, 0.5) is 0 Å². The summed E-state index contributed by atoms with van der Waals surface area (Å²) in [4.78, 5) is 4.99. The van der Waals surface area contributed by atoms with Gasteiger partial charge in [-0.05, 0) is 35.3 Å². The molecule has 0 spiro atoms. The molecule has 5 heteroatoms. The maximum Gasteiger partial charge on any atom is 0.112 e. The molecule has 3 aliphatic rings. The molecular weight excluding hydrogens is 424 g/mol. The Morgan fingerprint density at radius 1 is 0.606 bits per heavy atom. The SMILES string of the molecule is CCN1Cc2ccc(cc2)-c2nsnc2-c2ccc(cc2)CN(CC)Cc2cccc(c2)C1. The molecule has 0 unspecified atom stereocenters. The average Bonchev–Trinajstić information content (AvgIpc) is 3.34. The van der Waals surface area contributed by atoms with E-state index in [0.29, 0.717) is 0 Å². The van der Waals surface area contributed by atoms with Gasteiger partial charge in [-0.1, -0.05) is 86.6 Å². The van der Waals surface area contributed by atoms with Crippen LogP contribution in [0.2, 0.25) is 0 Å². The standard InChI is InChI=1S/C28H30N4S/c1-3-31-17-21-8-12-25(13-9-21)27-28(30-33-29-27)26-14-10-22(11-15-26)18-32(4-2)20-24-7-5-6-23(16-24)19-31/h5-16H,3-4,17-20H2,1-2H3. The Hall–Kier alpha value is -2.86. The first-order chi connectivity index (χ1) is 16.2. The summed E-state index contributed by atoms with van der Waals surface area (Å²) in [6.07, 6.45) is 0. The maximum atomic E-state index is 4.63. The third-order valence-corrected chi connectivity index (χ3v) is 6.98. The fourth-order valence-corrected chi connectivity index (χ4v) is 5.11. The minimum atomic E-state index is 0.936. The van der Waals surface area contributed by atoms with Crippen LogP contribution in [0, 0.1) is 0 Å². The van der Waals surface area contributed by atoms with Crippen molar-refractivity contribution < 1.29 is 0 Å². The number of hydrogen-bond acceptors (Lipinski definition) is 5. The highest BCUT2D eigenvalue weighted by Crippen LogP contribution is 2.31. The molecule has 0 saturated carbocycles. The second-order valence-corrected chi connectivity index (χ2v) is 9.31. The van der Waals surface area contributed by atoms with E-state index in [1.807, 2.05) is 0 Å². The molecule has 0 radical (unpaired) electrons. The van der Waals surface area contributed by atoms with Gasteiger partial charge in [-0.25, -0.2) is 0 Å². The second kappa shape index (κ2) is 9.96. The highest BCUT2D eigenvalue weighted by atomic mass is 32.1. The zero-order chi connectivity index (χ0) is 22.6. The predicted molar refractivity (Wildman–Crippen MR) is 137 cm³/mol. The molecule has 1 aromatic heterocycles. The van der Waals surface area contributed by atoms with E-state index in [1.165, 1.54) is 34.0 Å². The molecule has 0 N–H and O–H groups in total. The topological polar surface area (TPSA) is 32.3 Å². The lowest BCUT2D eigenvalue weighted by molar-refractivity contribution is 0.267. The van der Waals surface area contributed by atoms with Gasteiger partial charge in [0.2, 0.25) is 0 Å². The fourth-order valence-electron chi connectivity index (χ4n) is 4.52. The van der Waals surface area contributed by atoms with Gasteiger partial charge in [-0.2, -0.15) is 8.75 Å². The summed E-state index contributed by atoms with van der Waals surface area (Å²) in [7, 11) is 0. The normalized spacial score (nSPS) is 15.1. The van der Waals surface area contributed by atoms with Gasteiger partial charge in [0.15, 0.2) is 0 Å². The summed E-state index contributed by atoms with van der Waals surface area (Å²) in [5, 5.41) is 0. The first-order valence-corrected chi connectivity index (χ1v) is 12.5. The summed E-state index contributed by atoms with van der Waals surface area (Å²) in [6.45, 7) is 10.3. The molecule has 4 nitrogen and oxygen atoms in total. The molecule has 3 aromatic carbocycles. The molecule has 0 atom stereocenters. The van der Waals surface area contributed by atoms with Crippen molar-refractivity contribution in [3.8, 4) is 22.5 Å². The number of benzene rings is 3. The smallest absolute Gasteiger partial charge is 0.112 e. The van der Waals surface area contributed by atoms with Crippen molar-refractivity contribution in [1.82, 2.24) is 18.5 Å². The van der Waals surface area contributed by atoms with Gasteiger partial charge in [-0.3, -0.25) is 9.80 Å². The molecule has 0 fully saturated rings. The molecule has 4 aromatic rings. The first-order valence-electron chi connectivity index (χ1n) is 11.8. The van der Waals surface area contributed by atoms with Crippen LogP contribution in [0.1, 0.15) is 36.1 Å². The van der Waals surface area contributed by atoms with E-state index in [2.05, 4.69) is 105 Å². The van der Waals surface area contributed by atoms with Crippen LogP contribution in [-0.4, -0.2) is 31.6 Å². The van der Waals surface area contributed by atoms with Crippen LogP contribution in [0.3, 0.4) is 0 Å². The minimum absolute atomic E-state index is 0.936. The average molecular weight is 455 g/mol. The molecule has 6 bridgehead atoms. The van der Waals surface area contributed by atoms with E-state index in [9.17, 15) is 0 Å². The summed E-state index contributed by atoms with van der Waals surface area (Å²) in [5.41, 5.74) is 9.58. The Labute approximate surface area is 200 Å². The highest BCUT2D eigenvalue weighted by Gasteiger charge is 2.14. The number of fused-ring (bicyclic) bond motifs is 2. The van der Waals surface area contributed by atoms with E-state index >= 15 is 0 Å². The van der Waals surface area contributed by atoms with E-state index in [0.717, 1.165) is 61.8 Å². The Kier molecular flexibility index (Phi) is 6.63. The molecule has 168 valence electrons. The lowest BCUT2D eigenvalue weighted by Gasteiger charge is -2.23. The first kappa shape index (κ1) is 22.0. The van der Waals surface area contributed by atoms with E-state index in [4.69, 9.17) is 0 Å². The zero-order valence-corrected chi connectivity index (χ0v) is 20.2.